The number of amides is 1. The number of ketones is 1. The highest BCUT2D eigenvalue weighted by molar-refractivity contribution is 6.46. The number of carbonyl (C=O) groups is 2. The van der Waals surface area contributed by atoms with Gasteiger partial charge in [0.15, 0.2) is 11.5 Å². The van der Waals surface area contributed by atoms with Crippen LogP contribution in [0.2, 0.25) is 0 Å². The Morgan fingerprint density at radius 3 is 2.39 bits per heavy atom. The number of aliphatic hydroxyl groups excluding tert-OH is 1. The molecule has 0 saturated carbocycles. The zero-order chi connectivity index (χ0) is 24.3. The Kier molecular flexibility index (Phi) is 7.31. The number of aliphatic hydroxyl groups is 1. The molecule has 0 aromatic heterocycles. The first kappa shape index (κ1) is 24.2. The minimum atomic E-state index is -0.843. The molecular formula is C26H31NO6. The molecular weight excluding hydrogens is 422 g/mol. The quantitative estimate of drug-likeness (QED) is 0.262. The van der Waals surface area contributed by atoms with Gasteiger partial charge in [-0.1, -0.05) is 31.9 Å². The van der Waals surface area contributed by atoms with E-state index in [-0.39, 0.29) is 22.8 Å². The van der Waals surface area contributed by atoms with Crippen LogP contribution in [0.1, 0.15) is 54.5 Å². The van der Waals surface area contributed by atoms with Crippen LogP contribution in [-0.4, -0.2) is 47.6 Å². The van der Waals surface area contributed by atoms with E-state index < -0.39 is 17.7 Å². The molecule has 0 spiro atoms. The van der Waals surface area contributed by atoms with E-state index in [0.717, 1.165) is 30.4 Å². The first-order chi connectivity index (χ1) is 15.7. The van der Waals surface area contributed by atoms with Crippen molar-refractivity contribution in [3.8, 4) is 17.2 Å². The second kappa shape index (κ2) is 9.98. The van der Waals surface area contributed by atoms with E-state index in [1.165, 1.54) is 25.2 Å². The Hall–Kier alpha value is -3.48. The molecule has 1 saturated heterocycles. The molecule has 0 bridgehead atoms. The molecule has 176 valence electrons. The summed E-state index contributed by atoms with van der Waals surface area (Å²) in [5, 5.41) is 21.7. The molecule has 1 unspecified atom stereocenters. The van der Waals surface area contributed by atoms with Crippen molar-refractivity contribution < 1.29 is 29.3 Å². The van der Waals surface area contributed by atoms with E-state index in [0.29, 0.717) is 23.4 Å². The fourth-order valence-electron chi connectivity index (χ4n) is 4.41. The Morgan fingerprint density at radius 1 is 1.06 bits per heavy atom. The predicted octanol–water partition coefficient (Wildman–Crippen LogP) is 4.64. The number of phenols is 1. The van der Waals surface area contributed by atoms with Crippen molar-refractivity contribution in [2.24, 2.45) is 0 Å². The molecule has 2 aromatic carbocycles. The van der Waals surface area contributed by atoms with Crippen LogP contribution in [0, 0.1) is 13.8 Å². The van der Waals surface area contributed by atoms with Crippen LogP contribution in [0.15, 0.2) is 35.9 Å². The molecule has 1 amide bonds. The van der Waals surface area contributed by atoms with E-state index in [4.69, 9.17) is 9.47 Å². The lowest BCUT2D eigenvalue weighted by Gasteiger charge is -2.26. The first-order valence-corrected chi connectivity index (χ1v) is 11.1. The molecule has 0 radical (unpaired) electrons. The molecule has 2 N–H and O–H groups in total. The van der Waals surface area contributed by atoms with Gasteiger partial charge in [-0.15, -0.1) is 0 Å². The average Bonchev–Trinajstić information content (AvgIpc) is 3.03. The van der Waals surface area contributed by atoms with E-state index in [9.17, 15) is 19.8 Å². The number of benzene rings is 2. The maximum Gasteiger partial charge on any atom is 0.295 e. The third kappa shape index (κ3) is 4.53. The number of rotatable bonds is 8. The topological polar surface area (TPSA) is 96.3 Å². The van der Waals surface area contributed by atoms with Gasteiger partial charge >= 0.3 is 0 Å². The maximum atomic E-state index is 13.2. The maximum absolute atomic E-state index is 13.2. The van der Waals surface area contributed by atoms with Crippen molar-refractivity contribution in [3.63, 3.8) is 0 Å². The van der Waals surface area contributed by atoms with Crippen LogP contribution in [0.25, 0.3) is 5.76 Å². The Labute approximate surface area is 194 Å². The summed E-state index contributed by atoms with van der Waals surface area (Å²) in [6.45, 7) is 6.15. The van der Waals surface area contributed by atoms with Crippen LogP contribution < -0.4 is 9.47 Å². The molecule has 3 rings (SSSR count). The Bertz CT molecular complexity index is 1100. The largest absolute Gasteiger partial charge is 0.507 e. The monoisotopic (exact) mass is 453 g/mol. The molecule has 1 heterocycles. The van der Waals surface area contributed by atoms with Gasteiger partial charge in [0.25, 0.3) is 11.7 Å². The molecule has 7 nitrogen and oxygen atoms in total. The molecule has 1 aliphatic heterocycles. The van der Waals surface area contributed by atoms with Gasteiger partial charge in [0, 0.05) is 6.54 Å². The highest BCUT2D eigenvalue weighted by atomic mass is 16.5. The van der Waals surface area contributed by atoms with Gasteiger partial charge in [0.1, 0.15) is 11.5 Å². The number of hydrogen-bond donors (Lipinski definition) is 2. The van der Waals surface area contributed by atoms with Gasteiger partial charge in [-0.3, -0.25) is 9.59 Å². The summed E-state index contributed by atoms with van der Waals surface area (Å²) < 4.78 is 10.6. The number of carbonyl (C=O) groups excluding carboxylic acids is 2. The zero-order valence-electron chi connectivity index (χ0n) is 19.8. The van der Waals surface area contributed by atoms with E-state index >= 15 is 0 Å². The molecule has 2 aromatic rings. The van der Waals surface area contributed by atoms with Gasteiger partial charge in [0.2, 0.25) is 0 Å². The number of ether oxygens (including phenoxy) is 2. The highest BCUT2D eigenvalue weighted by Gasteiger charge is 2.46. The Balaban J connectivity index is 2.24. The van der Waals surface area contributed by atoms with Crippen molar-refractivity contribution in [1.82, 2.24) is 4.90 Å². The number of aryl methyl sites for hydroxylation is 2. The first-order valence-electron chi connectivity index (χ1n) is 11.1. The molecule has 1 fully saturated rings. The molecule has 1 aliphatic rings. The highest BCUT2D eigenvalue weighted by Crippen LogP contribution is 2.43. The number of methoxy groups -OCH3 is 2. The van der Waals surface area contributed by atoms with E-state index in [1.54, 1.807) is 18.2 Å². The number of Topliss-reactive ketones (excluding diaryl/α,β-unsaturated/α-hetero) is 1. The zero-order valence-corrected chi connectivity index (χ0v) is 19.8. The van der Waals surface area contributed by atoms with Gasteiger partial charge < -0.3 is 24.6 Å². The SMILES string of the molecule is CCCCCN1C(=O)C(=O)/C(=C(/O)c2cc(C)cc(C)c2OC)C1c1ccc(OC)c(O)c1. The molecule has 33 heavy (non-hydrogen) atoms. The summed E-state index contributed by atoms with van der Waals surface area (Å²) in [7, 11) is 2.94. The molecule has 7 heteroatoms. The van der Waals surface area contributed by atoms with Crippen LogP contribution >= 0.6 is 0 Å². The molecule has 0 aliphatic carbocycles. The summed E-state index contributed by atoms with van der Waals surface area (Å²) in [4.78, 5) is 27.7. The number of likely N-dealkylation sites (tertiary alicyclic amines) is 1. The second-order valence-corrected chi connectivity index (χ2v) is 8.29. The number of phenolic OH excluding ortho intramolecular Hbond substituents is 1. The van der Waals surface area contributed by atoms with Crippen LogP contribution in [0.3, 0.4) is 0 Å². The van der Waals surface area contributed by atoms with Crippen molar-refractivity contribution in [2.75, 3.05) is 20.8 Å². The number of nitrogens with zero attached hydrogens (tertiary/aromatic N) is 1. The summed E-state index contributed by atoms with van der Waals surface area (Å²) in [6, 6.07) is 7.53. The lowest BCUT2D eigenvalue weighted by molar-refractivity contribution is -0.139. The number of aromatic hydroxyl groups is 1. The van der Waals surface area contributed by atoms with Crippen molar-refractivity contribution in [1.29, 1.82) is 0 Å². The number of unbranched alkanes of at least 4 members (excludes halogenated alkanes) is 2. The summed E-state index contributed by atoms with van der Waals surface area (Å²) in [5.74, 6) is -1.13. The summed E-state index contributed by atoms with van der Waals surface area (Å²) in [6.07, 6.45) is 2.57. The smallest absolute Gasteiger partial charge is 0.295 e. The third-order valence-corrected chi connectivity index (χ3v) is 5.94. The fourth-order valence-corrected chi connectivity index (χ4v) is 4.41. The van der Waals surface area contributed by atoms with Gasteiger partial charge in [-0.2, -0.15) is 0 Å². The normalized spacial score (nSPS) is 17.5. The summed E-state index contributed by atoms with van der Waals surface area (Å²) >= 11 is 0. The van der Waals surface area contributed by atoms with E-state index in [1.807, 2.05) is 19.9 Å². The minimum absolute atomic E-state index is 0.0237. The Morgan fingerprint density at radius 2 is 1.79 bits per heavy atom. The van der Waals surface area contributed by atoms with E-state index in [2.05, 4.69) is 6.92 Å². The lowest BCUT2D eigenvalue weighted by atomic mass is 9.93. The standard InChI is InChI=1S/C26H31NO6/c1-6-7-8-11-27-22(17-9-10-20(32-4)19(28)14-17)21(24(30)26(27)31)23(29)18-13-15(2)12-16(3)25(18)33-5/h9-10,12-14,22,28-29H,6-8,11H2,1-5H3/b23-21+. The predicted molar refractivity (Wildman–Crippen MR) is 126 cm³/mol. The fraction of sp³-hybridized carbons (Fsp3) is 0.385. The van der Waals surface area contributed by atoms with Crippen LogP contribution in [0.4, 0.5) is 0 Å². The van der Waals surface area contributed by atoms with Crippen LogP contribution in [-0.2, 0) is 9.59 Å². The number of hydrogen-bond acceptors (Lipinski definition) is 6. The second-order valence-electron chi connectivity index (χ2n) is 8.29. The van der Waals surface area contributed by atoms with Crippen molar-refractivity contribution in [3.05, 3.63) is 58.2 Å². The third-order valence-electron chi connectivity index (χ3n) is 5.94. The minimum Gasteiger partial charge on any atom is -0.507 e. The van der Waals surface area contributed by atoms with Crippen molar-refractivity contribution in [2.45, 2.75) is 46.1 Å². The van der Waals surface area contributed by atoms with Gasteiger partial charge in [0.05, 0.1) is 31.4 Å². The van der Waals surface area contributed by atoms with Gasteiger partial charge in [-0.25, -0.2) is 0 Å². The molecule has 1 atom stereocenters. The summed E-state index contributed by atoms with van der Waals surface area (Å²) in [5.41, 5.74) is 2.52. The average molecular weight is 454 g/mol. The lowest BCUT2D eigenvalue weighted by Crippen LogP contribution is -2.30. The van der Waals surface area contributed by atoms with Crippen molar-refractivity contribution >= 4 is 17.4 Å². The van der Waals surface area contributed by atoms with Gasteiger partial charge in [-0.05, 0) is 55.2 Å². The van der Waals surface area contributed by atoms with Crippen LogP contribution in [0.5, 0.6) is 17.2 Å².